The van der Waals surface area contributed by atoms with E-state index < -0.39 is 0 Å². The number of aromatic nitrogens is 3. The van der Waals surface area contributed by atoms with Crippen LogP contribution in [0.5, 0.6) is 0 Å². The highest BCUT2D eigenvalue weighted by molar-refractivity contribution is 5.92. The van der Waals surface area contributed by atoms with Crippen LogP contribution in [0.25, 0.3) is 0 Å². The summed E-state index contributed by atoms with van der Waals surface area (Å²) in [5.74, 6) is -0.131. The van der Waals surface area contributed by atoms with Gasteiger partial charge in [0, 0.05) is 12.6 Å². The number of aryl methyl sites for hydroxylation is 1. The van der Waals surface area contributed by atoms with Crippen LogP contribution in [-0.2, 0) is 7.05 Å². The van der Waals surface area contributed by atoms with Crippen molar-refractivity contribution in [3.63, 3.8) is 0 Å². The molecule has 1 aromatic heterocycles. The zero-order valence-corrected chi connectivity index (χ0v) is 7.74. The van der Waals surface area contributed by atoms with E-state index in [1.165, 1.54) is 4.68 Å². The van der Waals surface area contributed by atoms with Crippen molar-refractivity contribution in [3.8, 4) is 0 Å². The van der Waals surface area contributed by atoms with Gasteiger partial charge in [0.15, 0.2) is 5.69 Å². The maximum Gasteiger partial charge on any atom is 0.273 e. The lowest BCUT2D eigenvalue weighted by molar-refractivity contribution is 0.0930. The third-order valence-electron chi connectivity index (χ3n) is 2.25. The average Bonchev–Trinajstić information content (AvgIpc) is 2.62. The van der Waals surface area contributed by atoms with Crippen molar-refractivity contribution in [2.75, 3.05) is 0 Å². The summed E-state index contributed by atoms with van der Waals surface area (Å²) in [5, 5.41) is 10.3. The van der Waals surface area contributed by atoms with Gasteiger partial charge in [-0.15, -0.1) is 5.10 Å². The van der Waals surface area contributed by atoms with Gasteiger partial charge in [0.2, 0.25) is 0 Å². The quantitative estimate of drug-likeness (QED) is 0.702. The molecule has 1 aliphatic rings. The Balaban J connectivity index is 2.05. The molecule has 0 spiro atoms. The second-order valence-electron chi connectivity index (χ2n) is 3.79. The molecule has 0 atom stereocenters. The van der Waals surface area contributed by atoms with E-state index in [9.17, 15) is 4.79 Å². The molecule has 5 nitrogen and oxygen atoms in total. The van der Waals surface area contributed by atoms with Gasteiger partial charge in [0.1, 0.15) is 0 Å². The third kappa shape index (κ3) is 1.68. The zero-order chi connectivity index (χ0) is 9.47. The largest absolute Gasteiger partial charge is 0.345 e. The highest BCUT2D eigenvalue weighted by Gasteiger charge is 2.39. The standard InChI is InChI=1S/C8H12N4O/c1-8(3-4-8)9-7(13)6-5-12(2)11-10-6/h5H,3-4H2,1-2H3,(H,9,13). The SMILES string of the molecule is Cn1cc(C(=O)NC2(C)CC2)nn1. The molecule has 70 valence electrons. The van der Waals surface area contributed by atoms with E-state index in [0.29, 0.717) is 5.69 Å². The summed E-state index contributed by atoms with van der Waals surface area (Å²) in [6, 6.07) is 0. The van der Waals surface area contributed by atoms with Gasteiger partial charge in [-0.05, 0) is 19.8 Å². The lowest BCUT2D eigenvalue weighted by Gasteiger charge is -2.08. The fourth-order valence-electron chi connectivity index (χ4n) is 1.10. The Morgan fingerprint density at radius 3 is 2.85 bits per heavy atom. The number of rotatable bonds is 2. The lowest BCUT2D eigenvalue weighted by Crippen LogP contribution is -2.34. The summed E-state index contributed by atoms with van der Waals surface area (Å²) in [7, 11) is 1.74. The van der Waals surface area contributed by atoms with E-state index >= 15 is 0 Å². The Morgan fingerprint density at radius 1 is 1.69 bits per heavy atom. The molecule has 0 saturated heterocycles. The highest BCUT2D eigenvalue weighted by atomic mass is 16.2. The molecule has 13 heavy (non-hydrogen) atoms. The Hall–Kier alpha value is -1.39. The molecule has 1 heterocycles. The molecule has 0 aromatic carbocycles. The number of nitrogens with zero attached hydrogens (tertiary/aromatic N) is 3. The molecule has 0 unspecified atom stereocenters. The van der Waals surface area contributed by atoms with Gasteiger partial charge >= 0.3 is 0 Å². The number of amides is 1. The molecule has 1 amide bonds. The van der Waals surface area contributed by atoms with Gasteiger partial charge in [0.25, 0.3) is 5.91 Å². The number of hydrogen-bond acceptors (Lipinski definition) is 3. The Kier molecular flexibility index (Phi) is 1.61. The smallest absolute Gasteiger partial charge is 0.273 e. The number of nitrogens with one attached hydrogen (secondary N) is 1. The first kappa shape index (κ1) is 8.22. The summed E-state index contributed by atoms with van der Waals surface area (Å²) < 4.78 is 1.52. The third-order valence-corrected chi connectivity index (χ3v) is 2.25. The van der Waals surface area contributed by atoms with Gasteiger partial charge in [-0.3, -0.25) is 9.48 Å². The molecule has 5 heteroatoms. The van der Waals surface area contributed by atoms with E-state index in [4.69, 9.17) is 0 Å². The first-order chi connectivity index (χ1) is 6.09. The molecule has 1 fully saturated rings. The summed E-state index contributed by atoms with van der Waals surface area (Å²) >= 11 is 0. The van der Waals surface area contributed by atoms with Crippen LogP contribution < -0.4 is 5.32 Å². The van der Waals surface area contributed by atoms with Gasteiger partial charge in [-0.1, -0.05) is 5.21 Å². The van der Waals surface area contributed by atoms with Crippen LogP contribution in [-0.4, -0.2) is 26.4 Å². The molecule has 1 N–H and O–H groups in total. The maximum atomic E-state index is 11.5. The van der Waals surface area contributed by atoms with E-state index in [-0.39, 0.29) is 11.4 Å². The number of hydrogen-bond donors (Lipinski definition) is 1. The second-order valence-corrected chi connectivity index (χ2v) is 3.79. The van der Waals surface area contributed by atoms with Crippen LogP contribution in [0.1, 0.15) is 30.3 Å². The molecular formula is C8H12N4O. The maximum absolute atomic E-state index is 11.5. The van der Waals surface area contributed by atoms with Crippen molar-refractivity contribution >= 4 is 5.91 Å². The Bertz CT molecular complexity index is 340. The Labute approximate surface area is 76.1 Å². The van der Waals surface area contributed by atoms with E-state index in [2.05, 4.69) is 15.6 Å². The normalized spacial score (nSPS) is 18.3. The fourth-order valence-corrected chi connectivity index (χ4v) is 1.10. The number of carbonyl (C=O) groups is 1. The average molecular weight is 180 g/mol. The first-order valence-corrected chi connectivity index (χ1v) is 4.28. The molecular weight excluding hydrogens is 168 g/mol. The minimum absolute atomic E-state index is 0.00854. The summed E-state index contributed by atoms with van der Waals surface area (Å²) in [6.07, 6.45) is 3.72. The van der Waals surface area contributed by atoms with Crippen LogP contribution in [0.3, 0.4) is 0 Å². The molecule has 1 aliphatic carbocycles. The van der Waals surface area contributed by atoms with Crippen molar-refractivity contribution < 1.29 is 4.79 Å². The van der Waals surface area contributed by atoms with Crippen LogP contribution in [0.2, 0.25) is 0 Å². The predicted molar refractivity (Wildman–Crippen MR) is 46.1 cm³/mol. The molecule has 1 aromatic rings. The minimum Gasteiger partial charge on any atom is -0.345 e. The van der Waals surface area contributed by atoms with Gasteiger partial charge < -0.3 is 5.32 Å². The van der Waals surface area contributed by atoms with Crippen molar-refractivity contribution in [1.82, 2.24) is 20.3 Å². The topological polar surface area (TPSA) is 59.8 Å². The van der Waals surface area contributed by atoms with Crippen molar-refractivity contribution in [2.45, 2.75) is 25.3 Å². The highest BCUT2D eigenvalue weighted by Crippen LogP contribution is 2.34. The van der Waals surface area contributed by atoms with Gasteiger partial charge in [-0.25, -0.2) is 0 Å². The van der Waals surface area contributed by atoms with Gasteiger partial charge in [0.05, 0.1) is 6.20 Å². The lowest BCUT2D eigenvalue weighted by atomic mass is 10.3. The molecule has 0 aliphatic heterocycles. The molecule has 1 saturated carbocycles. The second kappa shape index (κ2) is 2.55. The first-order valence-electron chi connectivity index (χ1n) is 4.28. The van der Waals surface area contributed by atoms with E-state index in [0.717, 1.165) is 12.8 Å². The fraction of sp³-hybridized carbons (Fsp3) is 0.625. The van der Waals surface area contributed by atoms with Crippen molar-refractivity contribution in [1.29, 1.82) is 0 Å². The van der Waals surface area contributed by atoms with Gasteiger partial charge in [-0.2, -0.15) is 0 Å². The van der Waals surface area contributed by atoms with Crippen molar-refractivity contribution in [2.24, 2.45) is 7.05 Å². The molecule has 0 radical (unpaired) electrons. The molecule has 2 rings (SSSR count). The molecule has 0 bridgehead atoms. The summed E-state index contributed by atoms with van der Waals surface area (Å²) in [5.41, 5.74) is 0.393. The van der Waals surface area contributed by atoms with E-state index in [1.807, 2.05) is 6.92 Å². The van der Waals surface area contributed by atoms with Crippen LogP contribution in [0.15, 0.2) is 6.20 Å². The van der Waals surface area contributed by atoms with E-state index in [1.54, 1.807) is 13.2 Å². The zero-order valence-electron chi connectivity index (χ0n) is 7.74. The van der Waals surface area contributed by atoms with Crippen LogP contribution in [0.4, 0.5) is 0 Å². The minimum atomic E-state index is -0.131. The summed E-state index contributed by atoms with van der Waals surface area (Å²) in [6.45, 7) is 2.03. The number of carbonyl (C=O) groups excluding carboxylic acids is 1. The van der Waals surface area contributed by atoms with Crippen molar-refractivity contribution in [3.05, 3.63) is 11.9 Å². The monoisotopic (exact) mass is 180 g/mol. The Morgan fingerprint density at radius 2 is 2.38 bits per heavy atom. The predicted octanol–water partition coefficient (Wildman–Crippen LogP) is 0.0974. The summed E-state index contributed by atoms with van der Waals surface area (Å²) in [4.78, 5) is 11.5. The van der Waals surface area contributed by atoms with Crippen LogP contribution in [0, 0.1) is 0 Å². The van der Waals surface area contributed by atoms with Crippen LogP contribution >= 0.6 is 0 Å².